The number of carbonyl (C=O) groups is 2. The van der Waals surface area contributed by atoms with E-state index in [2.05, 4.69) is 5.32 Å². The Morgan fingerprint density at radius 2 is 2.24 bits per heavy atom. The Hall–Kier alpha value is -1.82. The number of furan rings is 1. The third-order valence-electron chi connectivity index (χ3n) is 1.99. The van der Waals surface area contributed by atoms with E-state index in [1.807, 2.05) is 6.92 Å². The van der Waals surface area contributed by atoms with Crippen LogP contribution < -0.4 is 5.32 Å². The van der Waals surface area contributed by atoms with Gasteiger partial charge in [-0.1, -0.05) is 6.92 Å². The highest BCUT2D eigenvalue weighted by Crippen LogP contribution is 2.07. The normalized spacial score (nSPS) is 10.2. The van der Waals surface area contributed by atoms with Crippen molar-refractivity contribution in [2.75, 3.05) is 19.8 Å². The minimum Gasteiger partial charge on any atom is -0.480 e. The fourth-order valence-corrected chi connectivity index (χ4v) is 1.17. The maximum atomic E-state index is 11.5. The van der Waals surface area contributed by atoms with Crippen molar-refractivity contribution in [2.24, 2.45) is 0 Å². The van der Waals surface area contributed by atoms with Gasteiger partial charge in [-0.2, -0.15) is 0 Å². The molecule has 0 aliphatic rings. The molecule has 0 spiro atoms. The monoisotopic (exact) mass is 241 g/mol. The molecule has 1 aromatic rings. The predicted octanol–water partition coefficient (Wildman–Crippen LogP) is 0.673. The number of hydrogen-bond acceptors (Lipinski definition) is 4. The molecule has 94 valence electrons. The van der Waals surface area contributed by atoms with Crippen LogP contribution in [0.2, 0.25) is 0 Å². The number of rotatable bonds is 7. The third kappa shape index (κ3) is 4.69. The zero-order chi connectivity index (χ0) is 12.7. The Morgan fingerprint density at radius 1 is 1.47 bits per heavy atom. The number of aryl methyl sites for hydroxylation is 1. The van der Waals surface area contributed by atoms with Crippen molar-refractivity contribution in [2.45, 2.75) is 13.3 Å². The van der Waals surface area contributed by atoms with Gasteiger partial charge in [-0.15, -0.1) is 0 Å². The number of carbonyl (C=O) groups excluding carboxylic acids is 1. The predicted molar refractivity (Wildman–Crippen MR) is 58.9 cm³/mol. The van der Waals surface area contributed by atoms with Crippen LogP contribution in [0.3, 0.4) is 0 Å². The molecule has 0 atom stereocenters. The summed E-state index contributed by atoms with van der Waals surface area (Å²) in [6.07, 6.45) is 0.731. The highest BCUT2D eigenvalue weighted by atomic mass is 16.5. The lowest BCUT2D eigenvalue weighted by atomic mass is 10.3. The fourth-order valence-electron chi connectivity index (χ4n) is 1.17. The maximum absolute atomic E-state index is 11.5. The Morgan fingerprint density at radius 3 is 2.82 bits per heavy atom. The van der Waals surface area contributed by atoms with Crippen LogP contribution in [0.5, 0.6) is 0 Å². The molecule has 6 nitrogen and oxygen atoms in total. The molecule has 0 aromatic carbocycles. The van der Waals surface area contributed by atoms with Gasteiger partial charge in [0.15, 0.2) is 5.76 Å². The summed E-state index contributed by atoms with van der Waals surface area (Å²) in [5.41, 5.74) is 0. The van der Waals surface area contributed by atoms with Crippen LogP contribution in [0.4, 0.5) is 0 Å². The van der Waals surface area contributed by atoms with Gasteiger partial charge in [0, 0.05) is 13.0 Å². The first-order chi connectivity index (χ1) is 8.13. The number of carboxylic acid groups (broad SMARTS) is 1. The van der Waals surface area contributed by atoms with E-state index in [1.165, 1.54) is 0 Å². The molecule has 2 N–H and O–H groups in total. The summed E-state index contributed by atoms with van der Waals surface area (Å²) >= 11 is 0. The molecule has 0 bridgehead atoms. The summed E-state index contributed by atoms with van der Waals surface area (Å²) in [5, 5.41) is 10.9. The van der Waals surface area contributed by atoms with Crippen molar-refractivity contribution in [3.05, 3.63) is 23.7 Å². The van der Waals surface area contributed by atoms with Gasteiger partial charge in [0.1, 0.15) is 12.4 Å². The van der Waals surface area contributed by atoms with Crippen LogP contribution in [0, 0.1) is 0 Å². The smallest absolute Gasteiger partial charge is 0.329 e. The van der Waals surface area contributed by atoms with E-state index >= 15 is 0 Å². The molecule has 17 heavy (non-hydrogen) atoms. The van der Waals surface area contributed by atoms with Crippen molar-refractivity contribution in [3.63, 3.8) is 0 Å². The molecule has 0 fully saturated rings. The summed E-state index contributed by atoms with van der Waals surface area (Å²) in [6.45, 7) is 1.96. The summed E-state index contributed by atoms with van der Waals surface area (Å²) in [7, 11) is 0. The van der Waals surface area contributed by atoms with Crippen LogP contribution in [-0.4, -0.2) is 36.7 Å². The second kappa shape index (κ2) is 6.70. The molecule has 0 unspecified atom stereocenters. The number of amides is 1. The Labute approximate surface area is 98.6 Å². The van der Waals surface area contributed by atoms with Gasteiger partial charge in [0.2, 0.25) is 0 Å². The first-order valence-electron chi connectivity index (χ1n) is 5.30. The first kappa shape index (κ1) is 13.2. The van der Waals surface area contributed by atoms with Gasteiger partial charge in [-0.25, -0.2) is 4.79 Å². The number of carboxylic acids is 1. The molecule has 6 heteroatoms. The molecule has 0 aliphatic heterocycles. The molecule has 1 heterocycles. The van der Waals surface area contributed by atoms with Crippen LogP contribution in [0.15, 0.2) is 16.5 Å². The van der Waals surface area contributed by atoms with E-state index in [1.54, 1.807) is 12.1 Å². The summed E-state index contributed by atoms with van der Waals surface area (Å²) < 4.78 is 10.0. The fraction of sp³-hybridized carbons (Fsp3) is 0.455. The molecule has 0 aliphatic carbocycles. The number of hydrogen-bond donors (Lipinski definition) is 2. The van der Waals surface area contributed by atoms with Crippen molar-refractivity contribution in [1.29, 1.82) is 0 Å². The zero-order valence-electron chi connectivity index (χ0n) is 9.56. The zero-order valence-corrected chi connectivity index (χ0v) is 9.56. The minimum absolute atomic E-state index is 0.152. The molecular formula is C11H15NO5. The molecule has 0 radical (unpaired) electrons. The van der Waals surface area contributed by atoms with E-state index in [4.69, 9.17) is 14.3 Å². The summed E-state index contributed by atoms with van der Waals surface area (Å²) in [5.74, 6) is -0.365. The molecule has 1 rings (SSSR count). The van der Waals surface area contributed by atoms with Crippen molar-refractivity contribution in [1.82, 2.24) is 5.32 Å². The highest BCUT2D eigenvalue weighted by Gasteiger charge is 2.09. The Balaban J connectivity index is 2.23. The second-order valence-corrected chi connectivity index (χ2v) is 3.32. The molecule has 0 saturated heterocycles. The maximum Gasteiger partial charge on any atom is 0.329 e. The van der Waals surface area contributed by atoms with Gasteiger partial charge in [-0.3, -0.25) is 4.79 Å². The Kier molecular flexibility index (Phi) is 5.22. The highest BCUT2D eigenvalue weighted by molar-refractivity contribution is 5.91. The number of nitrogens with one attached hydrogen (secondary N) is 1. The molecule has 1 aromatic heterocycles. The lowest BCUT2D eigenvalue weighted by Crippen LogP contribution is -2.27. The van der Waals surface area contributed by atoms with Crippen LogP contribution in [-0.2, 0) is 16.0 Å². The van der Waals surface area contributed by atoms with Crippen molar-refractivity contribution in [3.8, 4) is 0 Å². The van der Waals surface area contributed by atoms with Crippen LogP contribution >= 0.6 is 0 Å². The second-order valence-electron chi connectivity index (χ2n) is 3.32. The van der Waals surface area contributed by atoms with Gasteiger partial charge in [0.05, 0.1) is 6.61 Å². The number of ether oxygens (including phenoxy) is 1. The standard InChI is InChI=1S/C11H15NO5/c1-2-8-3-4-9(17-8)11(15)12-5-6-16-7-10(13)14/h3-4H,2,5-7H2,1H3,(H,12,15)(H,13,14). The van der Waals surface area contributed by atoms with E-state index in [0.717, 1.165) is 12.2 Å². The van der Waals surface area contributed by atoms with Gasteiger partial charge < -0.3 is 19.6 Å². The van der Waals surface area contributed by atoms with Crippen LogP contribution in [0.25, 0.3) is 0 Å². The largest absolute Gasteiger partial charge is 0.480 e. The van der Waals surface area contributed by atoms with E-state index < -0.39 is 5.97 Å². The average molecular weight is 241 g/mol. The van der Waals surface area contributed by atoms with Crippen LogP contribution in [0.1, 0.15) is 23.2 Å². The van der Waals surface area contributed by atoms with Gasteiger partial charge in [0.25, 0.3) is 5.91 Å². The van der Waals surface area contributed by atoms with E-state index in [-0.39, 0.29) is 31.4 Å². The average Bonchev–Trinajstić information content (AvgIpc) is 2.76. The van der Waals surface area contributed by atoms with Gasteiger partial charge >= 0.3 is 5.97 Å². The summed E-state index contributed by atoms with van der Waals surface area (Å²) in [4.78, 5) is 21.6. The van der Waals surface area contributed by atoms with Gasteiger partial charge in [-0.05, 0) is 12.1 Å². The third-order valence-corrected chi connectivity index (χ3v) is 1.99. The molecular weight excluding hydrogens is 226 g/mol. The topological polar surface area (TPSA) is 88.8 Å². The van der Waals surface area contributed by atoms with E-state index in [0.29, 0.717) is 0 Å². The first-order valence-corrected chi connectivity index (χ1v) is 5.30. The van der Waals surface area contributed by atoms with Crippen molar-refractivity contribution < 1.29 is 23.8 Å². The quantitative estimate of drug-likeness (QED) is 0.685. The minimum atomic E-state index is -1.03. The molecule has 0 saturated carbocycles. The van der Waals surface area contributed by atoms with Crippen molar-refractivity contribution >= 4 is 11.9 Å². The lowest BCUT2D eigenvalue weighted by Gasteiger charge is -2.03. The molecule has 1 amide bonds. The van der Waals surface area contributed by atoms with E-state index in [9.17, 15) is 9.59 Å². The SMILES string of the molecule is CCc1ccc(C(=O)NCCOCC(=O)O)o1. The Bertz CT molecular complexity index is 385. The summed E-state index contributed by atoms with van der Waals surface area (Å²) in [6, 6.07) is 3.35. The number of aliphatic carboxylic acids is 1. The lowest BCUT2D eigenvalue weighted by molar-refractivity contribution is -0.142.